The van der Waals surface area contributed by atoms with Crippen molar-refractivity contribution < 1.29 is 32.2 Å². The van der Waals surface area contributed by atoms with Crippen molar-refractivity contribution in [3.8, 4) is 0 Å². The van der Waals surface area contributed by atoms with Gasteiger partial charge in [0.05, 0.1) is 15.2 Å². The van der Waals surface area contributed by atoms with E-state index in [9.17, 15) is 32.2 Å². The van der Waals surface area contributed by atoms with Gasteiger partial charge in [-0.05, 0) is 67.9 Å². The number of carbonyl (C=O) groups excluding carboxylic acids is 1. The summed E-state index contributed by atoms with van der Waals surface area (Å²) in [6, 6.07) is 6.68. The van der Waals surface area contributed by atoms with Crippen molar-refractivity contribution in [3.05, 3.63) is 75.2 Å². The number of aliphatic hydroxyl groups excluding tert-OH is 1. The predicted molar refractivity (Wildman–Crippen MR) is 134 cm³/mol. The Labute approximate surface area is 221 Å². The van der Waals surface area contributed by atoms with E-state index >= 15 is 0 Å². The van der Waals surface area contributed by atoms with Crippen molar-refractivity contribution in [2.45, 2.75) is 47.5 Å². The molecule has 3 aromatic rings. The minimum atomic E-state index is -4.02. The molecule has 12 heteroatoms. The molecule has 37 heavy (non-hydrogen) atoms. The zero-order valence-corrected chi connectivity index (χ0v) is 21.7. The van der Waals surface area contributed by atoms with Crippen LogP contribution in [0.5, 0.6) is 0 Å². The standard InChI is InChI=1S/C25H23ClF2N2O5S2/c26-18-5-1-13(23(32)30-16-4-6-19(27)20(28)12-16)9-21(18)37(34,35)17-10-14-2-3-15(11-17)25(14,33)22(31)24-29-7-8-36-24/h1,4-9,12,14-15,17,22,31,33H,2-3,10-11H2,(H,30,32)/t14-,15?,17-,22?,25-/m0/s1. The first-order chi connectivity index (χ1) is 17.5. The molecule has 1 aromatic heterocycles. The Morgan fingerprint density at radius 3 is 2.46 bits per heavy atom. The fraction of sp³-hybridized carbons (Fsp3) is 0.360. The van der Waals surface area contributed by atoms with Crippen LogP contribution >= 0.6 is 22.9 Å². The minimum absolute atomic E-state index is 0.00480. The van der Waals surface area contributed by atoms with Crippen LogP contribution in [0.15, 0.2) is 52.9 Å². The number of nitrogens with zero attached hydrogens (tertiary/aromatic N) is 1. The van der Waals surface area contributed by atoms with Crippen LogP contribution in [0.2, 0.25) is 5.02 Å². The maximum absolute atomic E-state index is 13.7. The highest BCUT2D eigenvalue weighted by molar-refractivity contribution is 7.92. The number of benzene rings is 2. The highest BCUT2D eigenvalue weighted by Gasteiger charge is 2.59. The molecule has 3 N–H and O–H groups in total. The van der Waals surface area contributed by atoms with E-state index in [4.69, 9.17) is 11.6 Å². The number of nitrogens with one attached hydrogen (secondary N) is 1. The number of aliphatic hydroxyl groups is 2. The molecule has 0 radical (unpaired) electrons. The van der Waals surface area contributed by atoms with Crippen molar-refractivity contribution in [3.63, 3.8) is 0 Å². The molecular weight excluding hydrogens is 546 g/mol. The number of sulfone groups is 1. The summed E-state index contributed by atoms with van der Waals surface area (Å²) in [6.45, 7) is 0. The van der Waals surface area contributed by atoms with Gasteiger partial charge in [-0.1, -0.05) is 11.6 Å². The molecule has 2 aliphatic carbocycles. The number of hydrogen-bond acceptors (Lipinski definition) is 7. The lowest BCUT2D eigenvalue weighted by Gasteiger charge is -2.44. The monoisotopic (exact) mass is 568 g/mol. The molecule has 0 aliphatic heterocycles. The summed E-state index contributed by atoms with van der Waals surface area (Å²) in [5.74, 6) is -3.83. The van der Waals surface area contributed by atoms with E-state index < -0.39 is 56.2 Å². The van der Waals surface area contributed by atoms with E-state index in [1.807, 2.05) is 0 Å². The molecular formula is C25H23ClF2N2O5S2. The number of hydrogen-bond donors (Lipinski definition) is 3. The summed E-state index contributed by atoms with van der Waals surface area (Å²) < 4.78 is 54.1. The summed E-state index contributed by atoms with van der Waals surface area (Å²) in [6.07, 6.45) is 1.72. The zero-order chi connectivity index (χ0) is 26.5. The average Bonchev–Trinajstić information content (AvgIpc) is 3.43. The maximum Gasteiger partial charge on any atom is 0.255 e. The van der Waals surface area contributed by atoms with Gasteiger partial charge in [-0.15, -0.1) is 11.3 Å². The van der Waals surface area contributed by atoms with Gasteiger partial charge < -0.3 is 15.5 Å². The molecule has 5 atom stereocenters. The third kappa shape index (κ3) is 4.57. The van der Waals surface area contributed by atoms with Gasteiger partial charge in [0, 0.05) is 28.9 Å². The van der Waals surface area contributed by atoms with Crippen molar-refractivity contribution in [1.82, 2.24) is 4.98 Å². The first-order valence-electron chi connectivity index (χ1n) is 11.6. The Morgan fingerprint density at radius 2 is 1.84 bits per heavy atom. The van der Waals surface area contributed by atoms with E-state index in [0.29, 0.717) is 17.8 Å². The van der Waals surface area contributed by atoms with Crippen molar-refractivity contribution in [2.24, 2.45) is 11.8 Å². The normalized spacial score (nSPS) is 26.1. The lowest BCUT2D eigenvalue weighted by Crippen LogP contribution is -2.52. The zero-order valence-electron chi connectivity index (χ0n) is 19.3. The van der Waals surface area contributed by atoms with Crippen molar-refractivity contribution in [1.29, 1.82) is 0 Å². The second kappa shape index (κ2) is 9.70. The number of amides is 1. The lowest BCUT2D eigenvalue weighted by atomic mass is 9.71. The van der Waals surface area contributed by atoms with Gasteiger partial charge in [-0.2, -0.15) is 0 Å². The number of aromatic nitrogens is 1. The highest BCUT2D eigenvalue weighted by Crippen LogP contribution is 2.56. The molecule has 2 fully saturated rings. The van der Waals surface area contributed by atoms with Crippen LogP contribution in [0.1, 0.15) is 47.2 Å². The van der Waals surface area contributed by atoms with Crippen LogP contribution in [0.3, 0.4) is 0 Å². The Morgan fingerprint density at radius 1 is 1.14 bits per heavy atom. The first kappa shape index (κ1) is 26.2. The number of halogens is 3. The van der Waals surface area contributed by atoms with Gasteiger partial charge in [0.2, 0.25) is 0 Å². The fourth-order valence-electron chi connectivity index (χ4n) is 5.63. The summed E-state index contributed by atoms with van der Waals surface area (Å²) >= 11 is 7.50. The van der Waals surface area contributed by atoms with Crippen LogP contribution in [-0.2, 0) is 9.84 Å². The van der Waals surface area contributed by atoms with E-state index in [1.165, 1.54) is 35.6 Å². The molecule has 1 heterocycles. The van der Waals surface area contributed by atoms with Crippen LogP contribution in [0.4, 0.5) is 14.5 Å². The Balaban J connectivity index is 1.39. The van der Waals surface area contributed by atoms with E-state index in [1.54, 1.807) is 11.6 Å². The van der Waals surface area contributed by atoms with Gasteiger partial charge in [0.15, 0.2) is 21.5 Å². The second-order valence-electron chi connectivity index (χ2n) is 9.50. The molecule has 1 amide bonds. The Hall–Kier alpha value is -2.44. The molecule has 0 saturated heterocycles. The summed E-state index contributed by atoms with van der Waals surface area (Å²) in [7, 11) is -4.02. The van der Waals surface area contributed by atoms with Crippen LogP contribution in [0.25, 0.3) is 0 Å². The lowest BCUT2D eigenvalue weighted by molar-refractivity contribution is -0.144. The molecule has 2 saturated carbocycles. The highest BCUT2D eigenvalue weighted by atomic mass is 35.5. The molecule has 2 unspecified atom stereocenters. The molecule has 196 valence electrons. The van der Waals surface area contributed by atoms with Gasteiger partial charge in [0.1, 0.15) is 16.7 Å². The van der Waals surface area contributed by atoms with Crippen LogP contribution in [-0.4, -0.2) is 40.4 Å². The molecule has 2 aromatic carbocycles. The molecule has 2 bridgehead atoms. The number of rotatable bonds is 6. The SMILES string of the molecule is O=C(Nc1ccc(F)c(F)c1)c1ccc(Cl)c(S(=O)(=O)[C@@H]2CC3CC[C@@H](C2)[C@@]3(O)C(O)c2nccs2)c1. The first-order valence-corrected chi connectivity index (χ1v) is 14.4. The van der Waals surface area contributed by atoms with E-state index in [2.05, 4.69) is 10.3 Å². The molecule has 2 aliphatic rings. The van der Waals surface area contributed by atoms with Gasteiger partial charge in [0.25, 0.3) is 5.91 Å². The summed E-state index contributed by atoms with van der Waals surface area (Å²) in [5, 5.41) is 26.0. The smallest absolute Gasteiger partial charge is 0.255 e. The Kier molecular flexibility index (Phi) is 6.86. The van der Waals surface area contributed by atoms with Crippen LogP contribution < -0.4 is 5.32 Å². The second-order valence-corrected chi connectivity index (χ2v) is 13.0. The summed E-state index contributed by atoms with van der Waals surface area (Å²) in [5.41, 5.74) is -1.49. The quantitative estimate of drug-likeness (QED) is 0.395. The summed E-state index contributed by atoms with van der Waals surface area (Å²) in [4.78, 5) is 16.6. The molecule has 7 nitrogen and oxygen atoms in total. The number of thiazole rings is 1. The van der Waals surface area contributed by atoms with E-state index in [0.717, 1.165) is 12.1 Å². The van der Waals surface area contributed by atoms with Crippen molar-refractivity contribution >= 4 is 44.4 Å². The molecule has 5 rings (SSSR count). The third-order valence-electron chi connectivity index (χ3n) is 7.51. The largest absolute Gasteiger partial charge is 0.386 e. The Bertz CT molecular complexity index is 1440. The van der Waals surface area contributed by atoms with Gasteiger partial charge in [-0.3, -0.25) is 4.79 Å². The maximum atomic E-state index is 13.7. The fourth-order valence-corrected chi connectivity index (χ4v) is 8.73. The van der Waals surface area contributed by atoms with Crippen LogP contribution in [0, 0.1) is 23.5 Å². The topological polar surface area (TPSA) is 117 Å². The number of fused-ring (bicyclic) bond motifs is 2. The number of carbonyl (C=O) groups is 1. The minimum Gasteiger partial charge on any atom is -0.386 e. The average molecular weight is 569 g/mol. The van der Waals surface area contributed by atoms with Crippen molar-refractivity contribution in [2.75, 3.05) is 5.32 Å². The number of anilines is 1. The predicted octanol–water partition coefficient (Wildman–Crippen LogP) is 4.75. The van der Waals surface area contributed by atoms with E-state index in [-0.39, 0.29) is 34.0 Å². The van der Waals surface area contributed by atoms with Gasteiger partial charge >= 0.3 is 0 Å². The third-order valence-corrected chi connectivity index (χ3v) is 11.0. The molecule has 0 spiro atoms. The van der Waals surface area contributed by atoms with Gasteiger partial charge in [-0.25, -0.2) is 22.2 Å².